The van der Waals surface area contributed by atoms with Crippen LogP contribution < -0.4 is 9.47 Å². The summed E-state index contributed by atoms with van der Waals surface area (Å²) in [6.45, 7) is 0. The van der Waals surface area contributed by atoms with E-state index < -0.39 is 0 Å². The van der Waals surface area contributed by atoms with Gasteiger partial charge in [-0.1, -0.05) is 12.8 Å². The van der Waals surface area contributed by atoms with Gasteiger partial charge >= 0.3 is 0 Å². The van der Waals surface area contributed by atoms with Crippen LogP contribution in [0, 0.1) is 0 Å². The third-order valence-electron chi connectivity index (χ3n) is 3.75. The van der Waals surface area contributed by atoms with Crippen LogP contribution in [0.5, 0.6) is 11.5 Å². The minimum absolute atomic E-state index is 0.592. The molecule has 1 saturated carbocycles. The van der Waals surface area contributed by atoms with E-state index in [-0.39, 0.29) is 0 Å². The molecule has 1 aliphatic carbocycles. The first-order valence-electron chi connectivity index (χ1n) is 6.43. The minimum Gasteiger partial charge on any atom is -0.493 e. The van der Waals surface area contributed by atoms with Gasteiger partial charge < -0.3 is 14.5 Å². The van der Waals surface area contributed by atoms with Crippen LogP contribution in [0.25, 0.3) is 11.0 Å². The molecule has 1 aliphatic rings. The molecule has 4 nitrogen and oxygen atoms in total. The second-order valence-corrected chi connectivity index (χ2v) is 4.83. The molecule has 0 spiro atoms. The highest BCUT2D eigenvalue weighted by atomic mass is 16.5. The van der Waals surface area contributed by atoms with Gasteiger partial charge in [-0.15, -0.1) is 0 Å². The average Bonchev–Trinajstić information content (AvgIpc) is 3.04. The lowest BCUT2D eigenvalue weighted by Crippen LogP contribution is -1.93. The van der Waals surface area contributed by atoms with E-state index in [0.29, 0.717) is 5.92 Å². The number of aromatic amines is 1. The van der Waals surface area contributed by atoms with E-state index in [9.17, 15) is 0 Å². The van der Waals surface area contributed by atoms with E-state index in [1.165, 1.54) is 25.7 Å². The van der Waals surface area contributed by atoms with Gasteiger partial charge in [0.05, 0.1) is 25.3 Å². The van der Waals surface area contributed by atoms with Crippen molar-refractivity contribution in [1.82, 2.24) is 9.97 Å². The molecular weight excluding hydrogens is 228 g/mol. The maximum absolute atomic E-state index is 5.31. The fourth-order valence-electron chi connectivity index (χ4n) is 2.75. The Morgan fingerprint density at radius 3 is 2.44 bits per heavy atom. The van der Waals surface area contributed by atoms with Gasteiger partial charge in [0.2, 0.25) is 0 Å². The number of rotatable bonds is 3. The van der Waals surface area contributed by atoms with E-state index in [0.717, 1.165) is 28.4 Å². The van der Waals surface area contributed by atoms with Crippen LogP contribution in [-0.2, 0) is 0 Å². The number of imidazole rings is 1. The van der Waals surface area contributed by atoms with Crippen molar-refractivity contribution in [3.8, 4) is 11.5 Å². The molecule has 4 heteroatoms. The number of aromatic nitrogens is 2. The number of nitrogens with zero attached hydrogens (tertiary/aromatic N) is 1. The van der Waals surface area contributed by atoms with Crippen LogP contribution in [0.15, 0.2) is 12.1 Å². The summed E-state index contributed by atoms with van der Waals surface area (Å²) in [6, 6.07) is 3.89. The molecule has 0 saturated heterocycles. The van der Waals surface area contributed by atoms with E-state index >= 15 is 0 Å². The van der Waals surface area contributed by atoms with Crippen molar-refractivity contribution in [2.24, 2.45) is 0 Å². The van der Waals surface area contributed by atoms with Gasteiger partial charge in [0.25, 0.3) is 0 Å². The summed E-state index contributed by atoms with van der Waals surface area (Å²) in [6.07, 6.45) is 5.12. The van der Waals surface area contributed by atoms with Crippen molar-refractivity contribution in [3.05, 3.63) is 18.0 Å². The summed E-state index contributed by atoms with van der Waals surface area (Å²) < 4.78 is 10.6. The highest BCUT2D eigenvalue weighted by molar-refractivity contribution is 5.79. The van der Waals surface area contributed by atoms with Gasteiger partial charge in [-0.25, -0.2) is 4.98 Å². The second kappa shape index (κ2) is 4.52. The number of fused-ring (bicyclic) bond motifs is 1. The lowest BCUT2D eigenvalue weighted by molar-refractivity contribution is 0.356. The van der Waals surface area contributed by atoms with Gasteiger partial charge in [0.15, 0.2) is 11.5 Å². The number of H-pyrrole nitrogens is 1. The van der Waals surface area contributed by atoms with Gasteiger partial charge in [-0.3, -0.25) is 0 Å². The number of nitrogens with one attached hydrogen (secondary N) is 1. The van der Waals surface area contributed by atoms with E-state index in [1.54, 1.807) is 14.2 Å². The normalized spacial score (nSPS) is 16.3. The molecule has 0 atom stereocenters. The summed E-state index contributed by atoms with van der Waals surface area (Å²) >= 11 is 0. The number of methoxy groups -OCH3 is 2. The Kier molecular flexibility index (Phi) is 2.86. The second-order valence-electron chi connectivity index (χ2n) is 4.83. The molecule has 1 N–H and O–H groups in total. The Morgan fingerprint density at radius 1 is 1.11 bits per heavy atom. The number of ether oxygens (including phenoxy) is 2. The van der Waals surface area contributed by atoms with Crippen LogP contribution in [0.2, 0.25) is 0 Å². The van der Waals surface area contributed by atoms with E-state index in [4.69, 9.17) is 9.47 Å². The molecule has 1 fully saturated rings. The molecule has 0 amide bonds. The van der Waals surface area contributed by atoms with Gasteiger partial charge in [-0.05, 0) is 12.8 Å². The summed E-state index contributed by atoms with van der Waals surface area (Å²) in [7, 11) is 3.30. The van der Waals surface area contributed by atoms with E-state index in [1.807, 2.05) is 12.1 Å². The highest BCUT2D eigenvalue weighted by Gasteiger charge is 2.20. The SMILES string of the molecule is COc1cc2nc(C3CCCC3)[nH]c2cc1OC. The predicted octanol–water partition coefficient (Wildman–Crippen LogP) is 3.24. The highest BCUT2D eigenvalue weighted by Crippen LogP contribution is 2.36. The zero-order valence-corrected chi connectivity index (χ0v) is 10.8. The van der Waals surface area contributed by atoms with Gasteiger partial charge in [0.1, 0.15) is 5.82 Å². The molecule has 0 unspecified atom stereocenters. The standard InChI is InChI=1S/C14H18N2O2/c1-17-12-7-10-11(8-13(12)18-2)16-14(15-10)9-5-3-4-6-9/h7-9H,3-6H2,1-2H3,(H,15,16). The largest absolute Gasteiger partial charge is 0.493 e. The smallest absolute Gasteiger partial charge is 0.163 e. The van der Waals surface area contributed by atoms with Crippen LogP contribution in [-0.4, -0.2) is 24.2 Å². The molecule has 18 heavy (non-hydrogen) atoms. The summed E-state index contributed by atoms with van der Waals surface area (Å²) in [5.41, 5.74) is 1.98. The minimum atomic E-state index is 0.592. The molecule has 96 valence electrons. The van der Waals surface area contributed by atoms with Crippen LogP contribution in [0.1, 0.15) is 37.4 Å². The average molecular weight is 246 g/mol. The van der Waals surface area contributed by atoms with E-state index in [2.05, 4.69) is 9.97 Å². The molecule has 3 rings (SSSR count). The Labute approximate surface area is 106 Å². The number of benzene rings is 1. The first-order valence-corrected chi connectivity index (χ1v) is 6.43. The van der Waals surface area contributed by atoms with Gasteiger partial charge in [0, 0.05) is 18.1 Å². The molecule has 0 bridgehead atoms. The fourth-order valence-corrected chi connectivity index (χ4v) is 2.75. The molecule has 0 radical (unpaired) electrons. The first kappa shape index (κ1) is 11.4. The van der Waals surface area contributed by atoms with Crippen LogP contribution in [0.4, 0.5) is 0 Å². The quantitative estimate of drug-likeness (QED) is 0.904. The third kappa shape index (κ3) is 1.82. The predicted molar refractivity (Wildman–Crippen MR) is 70.4 cm³/mol. The molecule has 1 heterocycles. The molecule has 1 aromatic heterocycles. The van der Waals surface area contributed by atoms with Crippen molar-refractivity contribution in [1.29, 1.82) is 0 Å². The monoisotopic (exact) mass is 246 g/mol. The Bertz CT molecular complexity index is 515. The van der Waals surface area contributed by atoms with Crippen molar-refractivity contribution >= 4 is 11.0 Å². The molecule has 0 aliphatic heterocycles. The number of hydrogen-bond donors (Lipinski definition) is 1. The Balaban J connectivity index is 2.05. The topological polar surface area (TPSA) is 47.1 Å². The third-order valence-corrected chi connectivity index (χ3v) is 3.75. The maximum atomic E-state index is 5.31. The zero-order chi connectivity index (χ0) is 12.5. The van der Waals surface area contributed by atoms with Gasteiger partial charge in [-0.2, -0.15) is 0 Å². The van der Waals surface area contributed by atoms with Crippen LogP contribution in [0.3, 0.4) is 0 Å². The summed E-state index contributed by atoms with van der Waals surface area (Å²) in [5.74, 6) is 3.17. The van der Waals surface area contributed by atoms with Crippen molar-refractivity contribution in [2.75, 3.05) is 14.2 Å². The Morgan fingerprint density at radius 2 is 1.78 bits per heavy atom. The lowest BCUT2D eigenvalue weighted by atomic mass is 10.1. The van der Waals surface area contributed by atoms with Crippen molar-refractivity contribution in [2.45, 2.75) is 31.6 Å². The summed E-state index contributed by atoms with van der Waals surface area (Å²) in [5, 5.41) is 0. The fraction of sp³-hybridized carbons (Fsp3) is 0.500. The summed E-state index contributed by atoms with van der Waals surface area (Å²) in [4.78, 5) is 8.10. The zero-order valence-electron chi connectivity index (χ0n) is 10.8. The maximum Gasteiger partial charge on any atom is 0.163 e. The lowest BCUT2D eigenvalue weighted by Gasteiger charge is -2.06. The molecule has 2 aromatic rings. The number of hydrogen-bond acceptors (Lipinski definition) is 3. The first-order chi connectivity index (χ1) is 8.81. The Hall–Kier alpha value is -1.71. The molecular formula is C14H18N2O2. The van der Waals surface area contributed by atoms with Crippen LogP contribution >= 0.6 is 0 Å². The van der Waals surface area contributed by atoms with Crippen molar-refractivity contribution < 1.29 is 9.47 Å². The van der Waals surface area contributed by atoms with Crippen molar-refractivity contribution in [3.63, 3.8) is 0 Å². The molecule has 1 aromatic carbocycles.